The van der Waals surface area contributed by atoms with Gasteiger partial charge >= 0.3 is 5.97 Å². The third-order valence-corrected chi connectivity index (χ3v) is 3.97. The summed E-state index contributed by atoms with van der Waals surface area (Å²) >= 11 is 3.15. The van der Waals surface area contributed by atoms with Crippen molar-refractivity contribution < 1.29 is 9.53 Å². The van der Waals surface area contributed by atoms with E-state index < -0.39 is 0 Å². The van der Waals surface area contributed by atoms with E-state index in [-0.39, 0.29) is 12.4 Å². The highest BCUT2D eigenvalue weighted by molar-refractivity contribution is 7.13. The van der Waals surface area contributed by atoms with Gasteiger partial charge in [0, 0.05) is 29.9 Å². The maximum absolute atomic E-state index is 11.3. The number of esters is 1. The van der Waals surface area contributed by atoms with Crippen LogP contribution in [0.15, 0.2) is 17.0 Å². The molecule has 0 radical (unpaired) electrons. The Morgan fingerprint density at radius 2 is 2.37 bits per heavy atom. The average molecular weight is 297 g/mol. The van der Waals surface area contributed by atoms with Crippen LogP contribution in [0.2, 0.25) is 0 Å². The zero-order chi connectivity index (χ0) is 13.5. The summed E-state index contributed by atoms with van der Waals surface area (Å²) in [6.45, 7) is 2.99. The molecule has 0 spiro atoms. The molecular formula is C12H15N3O2S2. The normalized spacial score (nSPS) is 10.4. The number of anilines is 1. The van der Waals surface area contributed by atoms with Crippen LogP contribution in [-0.2, 0) is 22.4 Å². The number of thiazole rings is 2. The highest BCUT2D eigenvalue weighted by Crippen LogP contribution is 2.16. The van der Waals surface area contributed by atoms with E-state index >= 15 is 0 Å². The molecule has 0 aliphatic rings. The van der Waals surface area contributed by atoms with Gasteiger partial charge in [0.15, 0.2) is 5.13 Å². The van der Waals surface area contributed by atoms with Gasteiger partial charge in [-0.25, -0.2) is 9.97 Å². The van der Waals surface area contributed by atoms with Gasteiger partial charge in [-0.1, -0.05) is 0 Å². The van der Waals surface area contributed by atoms with Gasteiger partial charge < -0.3 is 10.1 Å². The minimum Gasteiger partial charge on any atom is -0.466 e. The first-order valence-corrected chi connectivity index (χ1v) is 7.76. The van der Waals surface area contributed by atoms with Crippen LogP contribution in [-0.4, -0.2) is 29.1 Å². The second-order valence-corrected chi connectivity index (χ2v) is 5.57. The van der Waals surface area contributed by atoms with Gasteiger partial charge in [0.05, 0.1) is 23.7 Å². The lowest BCUT2D eigenvalue weighted by Gasteiger charge is -2.00. The summed E-state index contributed by atoms with van der Waals surface area (Å²) in [5.41, 5.74) is 0.750. The van der Waals surface area contributed by atoms with Crippen molar-refractivity contribution in [1.29, 1.82) is 0 Å². The Labute approximate surface area is 119 Å². The topological polar surface area (TPSA) is 64.1 Å². The SMILES string of the molecule is CCOC(=O)Cc1csc(NCCc2nccs2)n1. The number of carbonyl (C=O) groups is 1. The van der Waals surface area contributed by atoms with E-state index in [1.807, 2.05) is 10.8 Å². The molecule has 7 heteroatoms. The molecule has 2 heterocycles. The molecule has 2 aromatic heterocycles. The van der Waals surface area contributed by atoms with Gasteiger partial charge in [-0.05, 0) is 6.92 Å². The molecule has 1 N–H and O–H groups in total. The van der Waals surface area contributed by atoms with Crippen molar-refractivity contribution in [1.82, 2.24) is 9.97 Å². The van der Waals surface area contributed by atoms with Crippen molar-refractivity contribution in [2.45, 2.75) is 19.8 Å². The highest BCUT2D eigenvalue weighted by Gasteiger charge is 2.08. The number of nitrogens with one attached hydrogen (secondary N) is 1. The maximum atomic E-state index is 11.3. The van der Waals surface area contributed by atoms with Crippen LogP contribution in [0.1, 0.15) is 17.6 Å². The summed E-state index contributed by atoms with van der Waals surface area (Å²) in [7, 11) is 0. The fraction of sp³-hybridized carbons (Fsp3) is 0.417. The minimum absolute atomic E-state index is 0.234. The molecule has 2 rings (SSSR count). The highest BCUT2D eigenvalue weighted by atomic mass is 32.1. The molecule has 0 aromatic carbocycles. The largest absolute Gasteiger partial charge is 0.466 e. The Hall–Kier alpha value is -1.47. The van der Waals surface area contributed by atoms with Crippen molar-refractivity contribution >= 4 is 33.8 Å². The number of rotatable bonds is 7. The molecule has 19 heavy (non-hydrogen) atoms. The predicted molar refractivity (Wildman–Crippen MR) is 76.8 cm³/mol. The molecule has 0 fully saturated rings. The van der Waals surface area contributed by atoms with Crippen molar-refractivity contribution in [3.05, 3.63) is 27.7 Å². The Bertz CT molecular complexity index is 511. The molecule has 0 aliphatic heterocycles. The molecular weight excluding hydrogens is 282 g/mol. The second-order valence-electron chi connectivity index (χ2n) is 3.73. The number of hydrogen-bond acceptors (Lipinski definition) is 7. The van der Waals surface area contributed by atoms with Crippen LogP contribution in [0, 0.1) is 0 Å². The van der Waals surface area contributed by atoms with Crippen LogP contribution in [0.3, 0.4) is 0 Å². The summed E-state index contributed by atoms with van der Waals surface area (Å²) in [6, 6.07) is 0. The quantitative estimate of drug-likeness (QED) is 0.795. The molecule has 2 aromatic rings. The zero-order valence-corrected chi connectivity index (χ0v) is 12.2. The first kappa shape index (κ1) is 14.0. The van der Waals surface area contributed by atoms with Gasteiger partial charge in [-0.15, -0.1) is 22.7 Å². The Balaban J connectivity index is 1.75. The minimum atomic E-state index is -0.234. The number of hydrogen-bond donors (Lipinski definition) is 1. The van der Waals surface area contributed by atoms with E-state index in [1.54, 1.807) is 24.5 Å². The average Bonchev–Trinajstić information content (AvgIpc) is 3.01. The fourth-order valence-corrected chi connectivity index (χ4v) is 2.84. The Kier molecular flexibility index (Phi) is 5.29. The van der Waals surface area contributed by atoms with Gasteiger partial charge in [-0.2, -0.15) is 0 Å². The number of nitrogens with zero attached hydrogens (tertiary/aromatic N) is 2. The molecule has 5 nitrogen and oxygen atoms in total. The van der Waals surface area contributed by atoms with E-state index in [2.05, 4.69) is 15.3 Å². The molecule has 0 bridgehead atoms. The Morgan fingerprint density at radius 3 is 3.11 bits per heavy atom. The lowest BCUT2D eigenvalue weighted by molar-refractivity contribution is -0.142. The number of carbonyl (C=O) groups excluding carboxylic acids is 1. The lowest BCUT2D eigenvalue weighted by atomic mass is 10.3. The summed E-state index contributed by atoms with van der Waals surface area (Å²) in [5, 5.41) is 9.01. The smallest absolute Gasteiger partial charge is 0.311 e. The van der Waals surface area contributed by atoms with E-state index in [4.69, 9.17) is 4.74 Å². The van der Waals surface area contributed by atoms with Crippen LogP contribution in [0.25, 0.3) is 0 Å². The summed E-state index contributed by atoms with van der Waals surface area (Å²) in [6.07, 6.45) is 2.92. The third-order valence-electron chi connectivity index (χ3n) is 2.28. The van der Waals surface area contributed by atoms with Crippen LogP contribution < -0.4 is 5.32 Å². The van der Waals surface area contributed by atoms with Crippen LogP contribution >= 0.6 is 22.7 Å². The number of aromatic nitrogens is 2. The molecule has 102 valence electrons. The fourth-order valence-electron chi connectivity index (χ4n) is 1.48. The third kappa shape index (κ3) is 4.60. The molecule has 0 atom stereocenters. The zero-order valence-electron chi connectivity index (χ0n) is 10.6. The van der Waals surface area contributed by atoms with Crippen molar-refractivity contribution in [3.8, 4) is 0 Å². The van der Waals surface area contributed by atoms with Crippen LogP contribution in [0.4, 0.5) is 5.13 Å². The first-order chi connectivity index (χ1) is 9.28. The summed E-state index contributed by atoms with van der Waals surface area (Å²) in [5.74, 6) is -0.234. The summed E-state index contributed by atoms with van der Waals surface area (Å²) < 4.78 is 4.88. The standard InChI is InChI=1S/C12H15N3O2S2/c1-2-17-11(16)7-9-8-19-12(15-9)14-4-3-10-13-5-6-18-10/h5-6,8H,2-4,7H2,1H3,(H,14,15). The Morgan fingerprint density at radius 1 is 1.47 bits per heavy atom. The number of ether oxygens (including phenoxy) is 1. The monoisotopic (exact) mass is 297 g/mol. The van der Waals surface area contributed by atoms with E-state index in [9.17, 15) is 4.79 Å². The summed E-state index contributed by atoms with van der Waals surface area (Å²) in [4.78, 5) is 19.9. The molecule has 0 saturated heterocycles. The van der Waals surface area contributed by atoms with E-state index in [0.717, 1.165) is 28.8 Å². The first-order valence-electron chi connectivity index (χ1n) is 6.00. The van der Waals surface area contributed by atoms with Gasteiger partial charge in [-0.3, -0.25) is 4.79 Å². The van der Waals surface area contributed by atoms with E-state index in [0.29, 0.717) is 6.61 Å². The van der Waals surface area contributed by atoms with Crippen molar-refractivity contribution in [2.24, 2.45) is 0 Å². The molecule has 0 saturated carbocycles. The van der Waals surface area contributed by atoms with Crippen molar-refractivity contribution in [3.63, 3.8) is 0 Å². The molecule has 0 aliphatic carbocycles. The lowest BCUT2D eigenvalue weighted by Crippen LogP contribution is -2.08. The van der Waals surface area contributed by atoms with Gasteiger partial charge in [0.1, 0.15) is 0 Å². The predicted octanol–water partition coefficient (Wildman–Crippen LogP) is 2.36. The van der Waals surface area contributed by atoms with Crippen LogP contribution in [0.5, 0.6) is 0 Å². The maximum Gasteiger partial charge on any atom is 0.311 e. The van der Waals surface area contributed by atoms with E-state index in [1.165, 1.54) is 11.3 Å². The van der Waals surface area contributed by atoms with Crippen molar-refractivity contribution in [2.75, 3.05) is 18.5 Å². The van der Waals surface area contributed by atoms with Gasteiger partial charge in [0.25, 0.3) is 0 Å². The molecule has 0 amide bonds. The second kappa shape index (κ2) is 7.20. The molecule has 0 unspecified atom stereocenters. The van der Waals surface area contributed by atoms with Gasteiger partial charge in [0.2, 0.25) is 0 Å².